The second-order valence-electron chi connectivity index (χ2n) is 7.17. The summed E-state index contributed by atoms with van der Waals surface area (Å²) in [6, 6.07) is 17.7. The van der Waals surface area contributed by atoms with Crippen molar-refractivity contribution in [2.24, 2.45) is 0 Å². The molecule has 4 rings (SSSR count). The van der Waals surface area contributed by atoms with Gasteiger partial charge in [0.2, 0.25) is 5.91 Å². The van der Waals surface area contributed by atoms with Crippen LogP contribution in [0.4, 0.5) is 0 Å². The number of nitrogens with zero attached hydrogens (tertiary/aromatic N) is 2. The fourth-order valence-electron chi connectivity index (χ4n) is 3.63. The highest BCUT2D eigenvalue weighted by atomic mass is 35.5. The number of hydrogen-bond acceptors (Lipinski definition) is 2. The second-order valence-corrected chi connectivity index (χ2v) is 7.60. The van der Waals surface area contributed by atoms with Gasteiger partial charge in [-0.2, -0.15) is 5.10 Å². The predicted octanol–water partition coefficient (Wildman–Crippen LogP) is 4.49. The minimum atomic E-state index is -0.401. The number of carbonyl (C=O) groups excluding carboxylic acids is 1. The third kappa shape index (κ3) is 3.26. The third-order valence-electron chi connectivity index (χ3n) is 5.45. The van der Waals surface area contributed by atoms with Gasteiger partial charge in [0.05, 0.1) is 16.8 Å². The van der Waals surface area contributed by atoms with E-state index in [4.69, 9.17) is 11.6 Å². The highest BCUT2D eigenvalue weighted by molar-refractivity contribution is 6.30. The molecule has 1 fully saturated rings. The normalized spacial score (nSPS) is 14.8. The molecule has 27 heavy (non-hydrogen) atoms. The van der Waals surface area contributed by atoms with E-state index in [9.17, 15) is 4.79 Å². The number of benzene rings is 2. The molecule has 1 heterocycles. The van der Waals surface area contributed by atoms with Gasteiger partial charge in [-0.25, -0.2) is 4.68 Å². The Morgan fingerprint density at radius 2 is 1.78 bits per heavy atom. The molecule has 0 atom stereocenters. The van der Waals surface area contributed by atoms with Crippen molar-refractivity contribution in [3.05, 3.63) is 82.1 Å². The van der Waals surface area contributed by atoms with E-state index < -0.39 is 5.41 Å². The predicted molar refractivity (Wildman–Crippen MR) is 107 cm³/mol. The summed E-state index contributed by atoms with van der Waals surface area (Å²) >= 11 is 5.98. The Bertz CT molecular complexity index is 973. The molecule has 1 aliphatic rings. The third-order valence-corrected chi connectivity index (χ3v) is 5.70. The molecule has 0 bridgehead atoms. The van der Waals surface area contributed by atoms with Crippen molar-refractivity contribution in [1.29, 1.82) is 0 Å². The van der Waals surface area contributed by atoms with E-state index in [1.807, 2.05) is 73.1 Å². The van der Waals surface area contributed by atoms with Crippen LogP contribution < -0.4 is 5.32 Å². The van der Waals surface area contributed by atoms with Crippen LogP contribution in [0.25, 0.3) is 5.69 Å². The van der Waals surface area contributed by atoms with Crippen LogP contribution in [0, 0.1) is 13.8 Å². The first-order chi connectivity index (χ1) is 13.0. The summed E-state index contributed by atoms with van der Waals surface area (Å²) in [6.07, 6.45) is 1.75. The molecule has 0 radical (unpaired) electrons. The van der Waals surface area contributed by atoms with Gasteiger partial charge in [-0.3, -0.25) is 4.79 Å². The summed E-state index contributed by atoms with van der Waals surface area (Å²) in [5.41, 5.74) is 4.72. The van der Waals surface area contributed by atoms with Crippen LogP contribution in [-0.2, 0) is 16.8 Å². The number of carbonyl (C=O) groups is 1. The Hall–Kier alpha value is -2.59. The van der Waals surface area contributed by atoms with E-state index in [0.29, 0.717) is 11.6 Å². The summed E-state index contributed by atoms with van der Waals surface area (Å²) in [5, 5.41) is 8.48. The molecule has 0 unspecified atom stereocenters. The smallest absolute Gasteiger partial charge is 0.230 e. The molecule has 1 aromatic heterocycles. The lowest BCUT2D eigenvalue weighted by molar-refractivity contribution is -0.123. The first kappa shape index (κ1) is 17.8. The molecule has 1 aliphatic carbocycles. The molecule has 1 amide bonds. The number of rotatable bonds is 5. The summed E-state index contributed by atoms with van der Waals surface area (Å²) in [7, 11) is 0. The average Bonchev–Trinajstić information content (AvgIpc) is 3.44. The maximum absolute atomic E-state index is 12.9. The summed E-state index contributed by atoms with van der Waals surface area (Å²) in [6.45, 7) is 4.51. The van der Waals surface area contributed by atoms with Crippen molar-refractivity contribution < 1.29 is 4.79 Å². The first-order valence-corrected chi connectivity index (χ1v) is 9.54. The minimum Gasteiger partial charge on any atom is -0.351 e. The van der Waals surface area contributed by atoms with E-state index in [1.165, 1.54) is 0 Å². The van der Waals surface area contributed by atoms with E-state index in [1.54, 1.807) is 0 Å². The number of aromatic nitrogens is 2. The van der Waals surface area contributed by atoms with Crippen LogP contribution in [-0.4, -0.2) is 15.7 Å². The lowest BCUT2D eigenvalue weighted by atomic mass is 9.95. The highest BCUT2D eigenvalue weighted by Gasteiger charge is 2.51. The summed E-state index contributed by atoms with van der Waals surface area (Å²) in [4.78, 5) is 12.9. The molecule has 138 valence electrons. The molecule has 0 aliphatic heterocycles. The zero-order chi connectivity index (χ0) is 19.0. The minimum absolute atomic E-state index is 0.0797. The largest absolute Gasteiger partial charge is 0.351 e. The second kappa shape index (κ2) is 6.86. The Balaban J connectivity index is 1.52. The van der Waals surface area contributed by atoms with E-state index in [2.05, 4.69) is 10.4 Å². The Morgan fingerprint density at radius 1 is 1.11 bits per heavy atom. The van der Waals surface area contributed by atoms with Crippen molar-refractivity contribution in [2.75, 3.05) is 0 Å². The van der Waals surface area contributed by atoms with Crippen molar-refractivity contribution in [3.63, 3.8) is 0 Å². The lowest BCUT2D eigenvalue weighted by Gasteiger charge is -2.16. The Kier molecular flexibility index (Phi) is 4.52. The molecule has 1 saturated carbocycles. The zero-order valence-electron chi connectivity index (χ0n) is 15.5. The highest BCUT2D eigenvalue weighted by Crippen LogP contribution is 2.48. The number of aryl methyl sites for hydroxylation is 1. The summed E-state index contributed by atoms with van der Waals surface area (Å²) < 4.78 is 1.93. The van der Waals surface area contributed by atoms with Gasteiger partial charge in [-0.05, 0) is 56.5 Å². The van der Waals surface area contributed by atoms with Gasteiger partial charge in [0, 0.05) is 22.8 Å². The van der Waals surface area contributed by atoms with Gasteiger partial charge in [0.1, 0.15) is 0 Å². The maximum atomic E-state index is 12.9. The molecular weight excluding hydrogens is 358 g/mol. The SMILES string of the molecule is Cc1nn(-c2ccccc2)c(C)c1CNC(=O)C1(c2ccc(Cl)cc2)CC1. The summed E-state index contributed by atoms with van der Waals surface area (Å²) in [5.74, 6) is 0.0797. The topological polar surface area (TPSA) is 46.9 Å². The molecule has 0 saturated heterocycles. The van der Waals surface area contributed by atoms with Crippen LogP contribution in [0.2, 0.25) is 5.02 Å². The number of halogens is 1. The van der Waals surface area contributed by atoms with Gasteiger partial charge in [-0.15, -0.1) is 0 Å². The molecule has 2 aromatic carbocycles. The Labute approximate surface area is 164 Å². The molecule has 4 nitrogen and oxygen atoms in total. The van der Waals surface area contributed by atoms with Gasteiger partial charge in [0.25, 0.3) is 0 Å². The quantitative estimate of drug-likeness (QED) is 0.709. The monoisotopic (exact) mass is 379 g/mol. The number of nitrogens with one attached hydrogen (secondary N) is 1. The molecule has 0 spiro atoms. The maximum Gasteiger partial charge on any atom is 0.230 e. The standard InChI is InChI=1S/C22H22ClN3O/c1-15-20(16(2)26(25-15)19-6-4-3-5-7-19)14-24-21(27)22(12-13-22)17-8-10-18(23)11-9-17/h3-11H,12-14H2,1-2H3,(H,24,27). The van der Waals surface area contributed by atoms with Gasteiger partial charge >= 0.3 is 0 Å². The van der Waals surface area contributed by atoms with Crippen LogP contribution in [0.15, 0.2) is 54.6 Å². The molecular formula is C22H22ClN3O. The van der Waals surface area contributed by atoms with E-state index in [-0.39, 0.29) is 5.91 Å². The van der Waals surface area contributed by atoms with Gasteiger partial charge in [0.15, 0.2) is 0 Å². The van der Waals surface area contributed by atoms with Crippen molar-refractivity contribution in [3.8, 4) is 5.69 Å². The first-order valence-electron chi connectivity index (χ1n) is 9.16. The van der Waals surface area contributed by atoms with E-state index in [0.717, 1.165) is 41.0 Å². The number of hydrogen-bond donors (Lipinski definition) is 1. The fourth-order valence-corrected chi connectivity index (χ4v) is 3.76. The van der Waals surface area contributed by atoms with Crippen molar-refractivity contribution >= 4 is 17.5 Å². The van der Waals surface area contributed by atoms with Crippen LogP contribution in [0.3, 0.4) is 0 Å². The van der Waals surface area contributed by atoms with Crippen molar-refractivity contribution in [1.82, 2.24) is 15.1 Å². The van der Waals surface area contributed by atoms with Crippen LogP contribution in [0.5, 0.6) is 0 Å². The number of para-hydroxylation sites is 1. The van der Waals surface area contributed by atoms with Crippen LogP contribution >= 0.6 is 11.6 Å². The molecule has 1 N–H and O–H groups in total. The van der Waals surface area contributed by atoms with Gasteiger partial charge in [-0.1, -0.05) is 41.9 Å². The van der Waals surface area contributed by atoms with E-state index >= 15 is 0 Å². The lowest BCUT2D eigenvalue weighted by Crippen LogP contribution is -2.34. The number of amides is 1. The Morgan fingerprint density at radius 3 is 2.41 bits per heavy atom. The average molecular weight is 380 g/mol. The molecule has 3 aromatic rings. The van der Waals surface area contributed by atoms with Gasteiger partial charge < -0.3 is 5.32 Å². The van der Waals surface area contributed by atoms with Crippen LogP contribution in [0.1, 0.15) is 35.4 Å². The fraction of sp³-hybridized carbons (Fsp3) is 0.273. The molecule has 5 heteroatoms. The zero-order valence-corrected chi connectivity index (χ0v) is 16.3. The van der Waals surface area contributed by atoms with Crippen molar-refractivity contribution in [2.45, 2.75) is 38.6 Å².